The van der Waals surface area contributed by atoms with E-state index in [1.807, 2.05) is 0 Å². The molecular formula is C10H11BrFN. The van der Waals surface area contributed by atoms with E-state index >= 15 is 0 Å². The van der Waals surface area contributed by atoms with Crippen molar-refractivity contribution in [1.29, 1.82) is 0 Å². The molecule has 3 heteroatoms. The van der Waals surface area contributed by atoms with E-state index < -0.39 is 0 Å². The van der Waals surface area contributed by atoms with Gasteiger partial charge in [-0.15, -0.1) is 0 Å². The molecule has 0 aliphatic heterocycles. The van der Waals surface area contributed by atoms with Crippen molar-refractivity contribution >= 4 is 15.9 Å². The molecule has 1 nitrogen and oxygen atoms in total. The van der Waals surface area contributed by atoms with Crippen molar-refractivity contribution in [2.45, 2.75) is 18.9 Å². The molecule has 0 bridgehead atoms. The number of hydrogen-bond donors (Lipinski definition) is 1. The molecule has 0 spiro atoms. The van der Waals surface area contributed by atoms with E-state index in [9.17, 15) is 4.39 Å². The van der Waals surface area contributed by atoms with Gasteiger partial charge in [0.1, 0.15) is 5.82 Å². The maximum absolute atomic E-state index is 13.3. The Morgan fingerprint density at radius 2 is 2.15 bits per heavy atom. The van der Waals surface area contributed by atoms with Gasteiger partial charge in [0, 0.05) is 16.1 Å². The Morgan fingerprint density at radius 1 is 1.46 bits per heavy atom. The molecule has 0 saturated heterocycles. The molecular weight excluding hydrogens is 233 g/mol. The van der Waals surface area contributed by atoms with E-state index in [2.05, 4.69) is 15.9 Å². The first-order chi connectivity index (χ1) is 6.18. The average molecular weight is 244 g/mol. The number of benzene rings is 1. The fourth-order valence-corrected chi connectivity index (χ4v) is 1.86. The molecule has 70 valence electrons. The second kappa shape index (κ2) is 3.39. The molecule has 0 heterocycles. The highest BCUT2D eigenvalue weighted by Gasteiger charge is 2.30. The summed E-state index contributed by atoms with van der Waals surface area (Å²) in [6, 6.07) is 4.80. The van der Waals surface area contributed by atoms with Gasteiger partial charge in [-0.1, -0.05) is 15.9 Å². The highest BCUT2D eigenvalue weighted by molar-refractivity contribution is 9.10. The SMILES string of the molecule is NC(c1cc(Br)ccc1F)C1CC1. The van der Waals surface area contributed by atoms with Gasteiger partial charge in [-0.25, -0.2) is 4.39 Å². The number of hydrogen-bond acceptors (Lipinski definition) is 1. The fraction of sp³-hybridized carbons (Fsp3) is 0.400. The minimum atomic E-state index is -0.192. The molecule has 1 aromatic rings. The Bertz CT molecular complexity index is 323. The normalized spacial score (nSPS) is 18.7. The highest BCUT2D eigenvalue weighted by Crippen LogP contribution is 2.40. The van der Waals surface area contributed by atoms with E-state index in [1.54, 1.807) is 12.1 Å². The Kier molecular flexibility index (Phi) is 2.39. The van der Waals surface area contributed by atoms with Crippen LogP contribution in [0.4, 0.5) is 4.39 Å². The van der Waals surface area contributed by atoms with Gasteiger partial charge >= 0.3 is 0 Å². The van der Waals surface area contributed by atoms with Crippen LogP contribution >= 0.6 is 15.9 Å². The Balaban J connectivity index is 2.31. The molecule has 1 fully saturated rings. The van der Waals surface area contributed by atoms with Crippen LogP contribution in [0.2, 0.25) is 0 Å². The van der Waals surface area contributed by atoms with Crippen LogP contribution in [-0.2, 0) is 0 Å². The zero-order valence-electron chi connectivity index (χ0n) is 7.13. The summed E-state index contributed by atoms with van der Waals surface area (Å²) in [7, 11) is 0. The van der Waals surface area contributed by atoms with Gasteiger partial charge in [-0.05, 0) is 37.0 Å². The number of nitrogens with two attached hydrogens (primary N) is 1. The van der Waals surface area contributed by atoms with Crippen LogP contribution in [-0.4, -0.2) is 0 Å². The third-order valence-electron chi connectivity index (χ3n) is 2.45. The Morgan fingerprint density at radius 3 is 2.77 bits per heavy atom. The molecule has 0 amide bonds. The van der Waals surface area contributed by atoms with Crippen LogP contribution in [0, 0.1) is 11.7 Å². The molecule has 2 N–H and O–H groups in total. The predicted molar refractivity (Wildman–Crippen MR) is 53.8 cm³/mol. The summed E-state index contributed by atoms with van der Waals surface area (Å²) in [5.41, 5.74) is 6.55. The lowest BCUT2D eigenvalue weighted by Gasteiger charge is -2.11. The summed E-state index contributed by atoms with van der Waals surface area (Å²) < 4.78 is 14.2. The smallest absolute Gasteiger partial charge is 0.128 e. The van der Waals surface area contributed by atoms with Crippen molar-refractivity contribution in [3.63, 3.8) is 0 Å². The maximum atomic E-state index is 13.3. The second-order valence-corrected chi connectivity index (χ2v) is 4.44. The number of rotatable bonds is 2. The average Bonchev–Trinajstić information content (AvgIpc) is 2.91. The molecule has 0 aromatic heterocycles. The highest BCUT2D eigenvalue weighted by atomic mass is 79.9. The van der Waals surface area contributed by atoms with Crippen molar-refractivity contribution < 1.29 is 4.39 Å². The van der Waals surface area contributed by atoms with Crippen LogP contribution < -0.4 is 5.73 Å². The standard InChI is InChI=1S/C10H11BrFN/c11-7-3-4-9(12)8(5-7)10(13)6-1-2-6/h3-6,10H,1-2,13H2. The number of halogens is 2. The minimum Gasteiger partial charge on any atom is -0.324 e. The minimum absolute atomic E-state index is 0.127. The summed E-state index contributed by atoms with van der Waals surface area (Å²) in [5.74, 6) is 0.298. The van der Waals surface area contributed by atoms with Crippen molar-refractivity contribution in [2.75, 3.05) is 0 Å². The van der Waals surface area contributed by atoms with Crippen LogP contribution in [0.15, 0.2) is 22.7 Å². The van der Waals surface area contributed by atoms with Gasteiger partial charge in [0.2, 0.25) is 0 Å². The largest absolute Gasteiger partial charge is 0.324 e. The van der Waals surface area contributed by atoms with Crippen molar-refractivity contribution in [1.82, 2.24) is 0 Å². The molecule has 0 radical (unpaired) electrons. The van der Waals surface area contributed by atoms with Gasteiger partial charge in [0.05, 0.1) is 0 Å². The first kappa shape index (κ1) is 9.16. The van der Waals surface area contributed by atoms with E-state index in [1.165, 1.54) is 6.07 Å². The summed E-state index contributed by atoms with van der Waals surface area (Å²) in [4.78, 5) is 0. The van der Waals surface area contributed by atoms with Gasteiger partial charge in [0.25, 0.3) is 0 Å². The first-order valence-corrected chi connectivity index (χ1v) is 5.18. The van der Waals surface area contributed by atoms with Crippen LogP contribution in [0.25, 0.3) is 0 Å². The molecule has 1 aliphatic rings. The summed E-state index contributed by atoms with van der Waals surface area (Å²) in [5, 5.41) is 0. The van der Waals surface area contributed by atoms with E-state index in [4.69, 9.17) is 5.73 Å². The Hall–Kier alpha value is -0.410. The molecule has 13 heavy (non-hydrogen) atoms. The van der Waals surface area contributed by atoms with Gasteiger partial charge < -0.3 is 5.73 Å². The quantitative estimate of drug-likeness (QED) is 0.850. The van der Waals surface area contributed by atoms with Crippen LogP contribution in [0.5, 0.6) is 0 Å². The first-order valence-electron chi connectivity index (χ1n) is 4.39. The summed E-state index contributed by atoms with van der Waals surface area (Å²) in [6.07, 6.45) is 2.26. The fourth-order valence-electron chi connectivity index (χ4n) is 1.48. The van der Waals surface area contributed by atoms with E-state index in [0.29, 0.717) is 11.5 Å². The third-order valence-corrected chi connectivity index (χ3v) is 2.94. The molecule has 1 aliphatic carbocycles. The van der Waals surface area contributed by atoms with Crippen molar-refractivity contribution in [3.05, 3.63) is 34.1 Å². The van der Waals surface area contributed by atoms with Crippen molar-refractivity contribution in [3.8, 4) is 0 Å². The molecule has 2 rings (SSSR count). The van der Waals surface area contributed by atoms with E-state index in [-0.39, 0.29) is 11.9 Å². The predicted octanol–water partition coefficient (Wildman–Crippen LogP) is 3.00. The lowest BCUT2D eigenvalue weighted by atomic mass is 10.0. The van der Waals surface area contributed by atoms with Crippen LogP contribution in [0.3, 0.4) is 0 Å². The third kappa shape index (κ3) is 1.92. The van der Waals surface area contributed by atoms with E-state index in [0.717, 1.165) is 17.3 Å². The van der Waals surface area contributed by atoms with Crippen LogP contribution in [0.1, 0.15) is 24.4 Å². The Labute approximate surface area is 85.3 Å². The zero-order valence-corrected chi connectivity index (χ0v) is 8.72. The molecule has 1 atom stereocenters. The van der Waals surface area contributed by atoms with Gasteiger partial charge in [-0.3, -0.25) is 0 Å². The zero-order chi connectivity index (χ0) is 9.42. The maximum Gasteiger partial charge on any atom is 0.128 e. The second-order valence-electron chi connectivity index (χ2n) is 3.53. The van der Waals surface area contributed by atoms with Crippen molar-refractivity contribution in [2.24, 2.45) is 11.7 Å². The molecule has 1 unspecified atom stereocenters. The lowest BCUT2D eigenvalue weighted by Crippen LogP contribution is -2.14. The topological polar surface area (TPSA) is 26.0 Å². The molecule has 1 saturated carbocycles. The van der Waals surface area contributed by atoms with Gasteiger partial charge in [0.15, 0.2) is 0 Å². The molecule has 1 aromatic carbocycles. The monoisotopic (exact) mass is 243 g/mol. The van der Waals surface area contributed by atoms with Gasteiger partial charge in [-0.2, -0.15) is 0 Å². The summed E-state index contributed by atoms with van der Waals surface area (Å²) >= 11 is 3.31. The lowest BCUT2D eigenvalue weighted by molar-refractivity contribution is 0.553. The summed E-state index contributed by atoms with van der Waals surface area (Å²) in [6.45, 7) is 0.